The fraction of sp³-hybridized carbons (Fsp3) is 0.375. The van der Waals surface area contributed by atoms with Crippen LogP contribution in [0.5, 0.6) is 0 Å². The van der Waals surface area contributed by atoms with Gasteiger partial charge in [-0.15, -0.1) is 0 Å². The van der Waals surface area contributed by atoms with Crippen LogP contribution in [0.25, 0.3) is 0 Å². The molecule has 0 radical (unpaired) electrons. The first-order valence-electron chi connectivity index (χ1n) is 6.50. The fourth-order valence-corrected chi connectivity index (χ4v) is 2.64. The zero-order valence-electron chi connectivity index (χ0n) is 11.6. The van der Waals surface area contributed by atoms with Crippen LogP contribution in [-0.2, 0) is 14.9 Å². The van der Waals surface area contributed by atoms with E-state index in [-0.39, 0.29) is 17.8 Å². The molecule has 0 aliphatic heterocycles. The molecular formula is C16H17NO3. The van der Waals surface area contributed by atoms with E-state index >= 15 is 0 Å². The molecule has 1 aliphatic rings. The minimum atomic E-state index is -0.776. The summed E-state index contributed by atoms with van der Waals surface area (Å²) >= 11 is 0. The first-order chi connectivity index (χ1) is 9.52. The average molecular weight is 271 g/mol. The van der Waals surface area contributed by atoms with E-state index in [0.717, 1.165) is 11.1 Å². The Kier molecular flexibility index (Phi) is 3.80. The van der Waals surface area contributed by atoms with Crippen LogP contribution in [-0.4, -0.2) is 18.2 Å². The van der Waals surface area contributed by atoms with Gasteiger partial charge in [0.1, 0.15) is 5.76 Å². The Morgan fingerprint density at radius 3 is 2.85 bits per heavy atom. The van der Waals surface area contributed by atoms with Gasteiger partial charge in [0.2, 0.25) is 0 Å². The maximum absolute atomic E-state index is 11.7. The number of aryl methyl sites for hydroxylation is 1. The van der Waals surface area contributed by atoms with Gasteiger partial charge in [-0.1, -0.05) is 29.8 Å². The summed E-state index contributed by atoms with van der Waals surface area (Å²) in [7, 11) is 1.28. The Labute approximate surface area is 118 Å². The quantitative estimate of drug-likeness (QED) is 0.839. The molecule has 1 N–H and O–H groups in total. The van der Waals surface area contributed by atoms with Crippen LogP contribution in [0, 0.1) is 18.3 Å². The first-order valence-corrected chi connectivity index (χ1v) is 6.50. The summed E-state index contributed by atoms with van der Waals surface area (Å²) in [5.74, 6) is -0.523. The van der Waals surface area contributed by atoms with E-state index in [1.54, 1.807) is 0 Å². The number of nitrogens with zero attached hydrogens (tertiary/aromatic N) is 1. The number of nitriles is 1. The molecule has 1 aliphatic carbocycles. The maximum Gasteiger partial charge on any atom is 0.337 e. The number of allylic oxidation sites excluding steroid dienone is 1. The summed E-state index contributed by atoms with van der Waals surface area (Å²) in [5, 5.41) is 19.5. The average Bonchev–Trinajstić information content (AvgIpc) is 2.47. The van der Waals surface area contributed by atoms with Gasteiger partial charge in [-0.2, -0.15) is 5.26 Å². The lowest BCUT2D eigenvalue weighted by molar-refractivity contribution is -0.136. The first kappa shape index (κ1) is 14.1. The second kappa shape index (κ2) is 5.38. The Balaban J connectivity index is 2.45. The smallest absolute Gasteiger partial charge is 0.337 e. The molecule has 0 saturated carbocycles. The molecule has 1 atom stereocenters. The standard InChI is InChI=1S/C16H17NO3/c1-11-4-3-5-12(8-11)16(10-17)7-6-14(18)13(9-16)15(19)20-2/h3-5,8,18H,6-7,9H2,1-2H3. The van der Waals surface area contributed by atoms with E-state index in [1.807, 2.05) is 31.2 Å². The van der Waals surface area contributed by atoms with E-state index in [4.69, 9.17) is 4.74 Å². The van der Waals surface area contributed by atoms with Crippen LogP contribution in [0.15, 0.2) is 35.6 Å². The molecule has 1 unspecified atom stereocenters. The second-order valence-electron chi connectivity index (χ2n) is 5.16. The minimum Gasteiger partial charge on any atom is -0.512 e. The number of esters is 1. The van der Waals surface area contributed by atoms with Gasteiger partial charge in [0.05, 0.1) is 24.2 Å². The number of aliphatic hydroxyl groups excluding tert-OH is 1. The molecule has 2 rings (SSSR count). The van der Waals surface area contributed by atoms with Crippen molar-refractivity contribution >= 4 is 5.97 Å². The van der Waals surface area contributed by atoms with Gasteiger partial charge >= 0.3 is 5.97 Å². The van der Waals surface area contributed by atoms with Crippen molar-refractivity contribution in [1.82, 2.24) is 0 Å². The van der Waals surface area contributed by atoms with Crippen molar-refractivity contribution in [2.24, 2.45) is 0 Å². The molecule has 0 saturated heterocycles. The van der Waals surface area contributed by atoms with Crippen LogP contribution in [0.4, 0.5) is 0 Å². The van der Waals surface area contributed by atoms with E-state index in [0.29, 0.717) is 12.8 Å². The van der Waals surface area contributed by atoms with Gasteiger partial charge in [-0.05, 0) is 18.9 Å². The molecule has 0 aromatic heterocycles. The van der Waals surface area contributed by atoms with E-state index < -0.39 is 11.4 Å². The lowest BCUT2D eigenvalue weighted by atomic mass is 9.69. The molecule has 1 aromatic rings. The highest BCUT2D eigenvalue weighted by Crippen LogP contribution is 2.41. The van der Waals surface area contributed by atoms with Gasteiger partial charge in [0, 0.05) is 12.8 Å². The predicted octanol–water partition coefficient (Wildman–Crippen LogP) is 2.93. The monoisotopic (exact) mass is 271 g/mol. The van der Waals surface area contributed by atoms with E-state index in [1.165, 1.54) is 7.11 Å². The number of ether oxygens (including phenoxy) is 1. The van der Waals surface area contributed by atoms with Crippen molar-refractivity contribution in [3.05, 3.63) is 46.7 Å². The molecule has 0 amide bonds. The summed E-state index contributed by atoms with van der Waals surface area (Å²) in [5.41, 5.74) is 1.38. The predicted molar refractivity (Wildman–Crippen MR) is 74.0 cm³/mol. The Hall–Kier alpha value is -2.28. The molecule has 0 bridgehead atoms. The SMILES string of the molecule is COC(=O)C1=C(O)CCC(C#N)(c2cccc(C)c2)C1. The Bertz CT molecular complexity index is 612. The van der Waals surface area contributed by atoms with E-state index in [9.17, 15) is 15.2 Å². The Morgan fingerprint density at radius 2 is 2.25 bits per heavy atom. The molecule has 4 heteroatoms. The van der Waals surface area contributed by atoms with Crippen molar-refractivity contribution < 1.29 is 14.6 Å². The van der Waals surface area contributed by atoms with Crippen molar-refractivity contribution in [2.45, 2.75) is 31.6 Å². The summed E-state index contributed by atoms with van der Waals surface area (Å²) in [4.78, 5) is 11.7. The van der Waals surface area contributed by atoms with Crippen LogP contribution in [0.2, 0.25) is 0 Å². The number of methoxy groups -OCH3 is 1. The van der Waals surface area contributed by atoms with Crippen LogP contribution in [0.3, 0.4) is 0 Å². The lowest BCUT2D eigenvalue weighted by Crippen LogP contribution is -2.31. The third-order valence-corrected chi connectivity index (χ3v) is 3.83. The number of carbonyl (C=O) groups is 1. The highest BCUT2D eigenvalue weighted by Gasteiger charge is 2.40. The topological polar surface area (TPSA) is 70.3 Å². The molecular weight excluding hydrogens is 254 g/mol. The molecule has 20 heavy (non-hydrogen) atoms. The number of aliphatic hydroxyl groups is 1. The largest absolute Gasteiger partial charge is 0.512 e. The second-order valence-corrected chi connectivity index (χ2v) is 5.16. The minimum absolute atomic E-state index is 0.0374. The van der Waals surface area contributed by atoms with E-state index in [2.05, 4.69) is 6.07 Å². The summed E-state index contributed by atoms with van der Waals surface area (Å²) in [6, 6.07) is 10.1. The van der Waals surface area contributed by atoms with Crippen molar-refractivity contribution in [3.63, 3.8) is 0 Å². The molecule has 1 aromatic carbocycles. The number of hydrogen-bond acceptors (Lipinski definition) is 4. The maximum atomic E-state index is 11.7. The molecule has 0 fully saturated rings. The van der Waals surface area contributed by atoms with Gasteiger partial charge in [-0.3, -0.25) is 0 Å². The third-order valence-electron chi connectivity index (χ3n) is 3.83. The summed E-state index contributed by atoms with van der Waals surface area (Å²) in [6.07, 6.45) is 0.997. The Morgan fingerprint density at radius 1 is 1.50 bits per heavy atom. The van der Waals surface area contributed by atoms with Gasteiger partial charge in [-0.25, -0.2) is 4.79 Å². The summed E-state index contributed by atoms with van der Waals surface area (Å²) < 4.78 is 4.69. The van der Waals surface area contributed by atoms with Crippen molar-refractivity contribution in [1.29, 1.82) is 5.26 Å². The van der Waals surface area contributed by atoms with Crippen LogP contribution in [0.1, 0.15) is 30.4 Å². The zero-order valence-corrected chi connectivity index (χ0v) is 11.6. The molecule has 0 spiro atoms. The summed E-state index contributed by atoms with van der Waals surface area (Å²) in [6.45, 7) is 1.96. The highest BCUT2D eigenvalue weighted by atomic mass is 16.5. The van der Waals surface area contributed by atoms with Crippen LogP contribution >= 0.6 is 0 Å². The lowest BCUT2D eigenvalue weighted by Gasteiger charge is -2.32. The third kappa shape index (κ3) is 2.39. The van der Waals surface area contributed by atoms with Gasteiger partial charge < -0.3 is 9.84 Å². The number of rotatable bonds is 2. The fourth-order valence-electron chi connectivity index (χ4n) is 2.64. The van der Waals surface area contributed by atoms with Gasteiger partial charge in [0.25, 0.3) is 0 Å². The molecule has 4 nitrogen and oxygen atoms in total. The van der Waals surface area contributed by atoms with Crippen LogP contribution < -0.4 is 0 Å². The normalized spacial score (nSPS) is 22.2. The zero-order chi connectivity index (χ0) is 14.8. The number of hydrogen-bond donors (Lipinski definition) is 1. The number of benzene rings is 1. The van der Waals surface area contributed by atoms with Crippen molar-refractivity contribution in [3.8, 4) is 6.07 Å². The van der Waals surface area contributed by atoms with Gasteiger partial charge in [0.15, 0.2) is 0 Å². The highest BCUT2D eigenvalue weighted by molar-refractivity contribution is 5.89. The number of carbonyl (C=O) groups excluding carboxylic acids is 1. The molecule has 104 valence electrons. The van der Waals surface area contributed by atoms with Crippen molar-refractivity contribution in [2.75, 3.05) is 7.11 Å². The molecule has 0 heterocycles.